The predicted molar refractivity (Wildman–Crippen MR) is 101 cm³/mol. The van der Waals surface area contributed by atoms with E-state index in [1.165, 1.54) is 28.6 Å². The molecule has 0 radical (unpaired) electrons. The number of rotatable bonds is 3. The highest BCUT2D eigenvalue weighted by atomic mass is 32.2. The van der Waals surface area contributed by atoms with Gasteiger partial charge in [-0.1, -0.05) is 35.5 Å². The Morgan fingerprint density at radius 1 is 1.25 bits per heavy atom. The molecular formula is C20H17FN4O2S. The van der Waals surface area contributed by atoms with E-state index in [2.05, 4.69) is 10.1 Å². The van der Waals surface area contributed by atoms with Crippen LogP contribution in [0.1, 0.15) is 25.1 Å². The van der Waals surface area contributed by atoms with Crippen molar-refractivity contribution < 1.29 is 19.0 Å². The molecule has 1 aliphatic heterocycles. The highest BCUT2D eigenvalue weighted by molar-refractivity contribution is 7.98. The van der Waals surface area contributed by atoms with Gasteiger partial charge in [-0.2, -0.15) is 0 Å². The summed E-state index contributed by atoms with van der Waals surface area (Å²) < 4.78 is 15.1. The highest BCUT2D eigenvalue weighted by Gasteiger charge is 2.44. The number of para-hydroxylation sites is 1. The number of fused-ring (bicyclic) bond motifs is 3. The van der Waals surface area contributed by atoms with Crippen molar-refractivity contribution in [3.63, 3.8) is 0 Å². The number of anilines is 1. The van der Waals surface area contributed by atoms with Gasteiger partial charge in [-0.05, 0) is 42.7 Å². The third-order valence-electron chi connectivity index (χ3n) is 4.64. The molecule has 2 heterocycles. The van der Waals surface area contributed by atoms with E-state index >= 15 is 0 Å². The van der Waals surface area contributed by atoms with Crippen LogP contribution in [0.5, 0.6) is 5.88 Å². The molecule has 3 aromatic rings. The molecule has 8 heteroatoms. The van der Waals surface area contributed by atoms with Crippen LogP contribution in [0.3, 0.4) is 0 Å². The monoisotopic (exact) mass is 396 g/mol. The lowest BCUT2D eigenvalue weighted by Gasteiger charge is -2.33. The second-order valence-electron chi connectivity index (χ2n) is 6.26. The Kier molecular flexibility index (Phi) is 4.72. The molecule has 4 rings (SSSR count). The number of halogens is 1. The standard InChI is InChI=1S/C20H17FN4O2S/c1-3-16(26)24-15-7-5-4-6-14(15)17-18(27)22-20(28-2)23-25(17)19(24)12-8-10-13(21)11-9-12/h4-11,19H,3H2,1-2H3. The zero-order valence-electron chi connectivity index (χ0n) is 15.3. The van der Waals surface area contributed by atoms with Crippen LogP contribution in [0.2, 0.25) is 0 Å². The molecule has 0 bridgehead atoms. The first kappa shape index (κ1) is 18.4. The van der Waals surface area contributed by atoms with Crippen molar-refractivity contribution in [1.82, 2.24) is 10.1 Å². The quantitative estimate of drug-likeness (QED) is 0.503. The normalized spacial score (nSPS) is 15.1. The number of hydrogen-bond acceptors (Lipinski definition) is 5. The Balaban J connectivity index is 2.06. The second-order valence-corrected chi connectivity index (χ2v) is 7.03. The lowest BCUT2D eigenvalue weighted by molar-refractivity contribution is -0.764. The van der Waals surface area contributed by atoms with Gasteiger partial charge >= 0.3 is 0 Å². The van der Waals surface area contributed by atoms with Gasteiger partial charge in [0.25, 0.3) is 17.0 Å². The molecule has 1 aliphatic rings. The number of nitrogens with zero attached hydrogens (tertiary/aromatic N) is 4. The molecule has 1 atom stereocenters. The van der Waals surface area contributed by atoms with Crippen LogP contribution in [-0.2, 0) is 4.79 Å². The molecular weight excluding hydrogens is 379 g/mol. The smallest absolute Gasteiger partial charge is 0.293 e. The minimum Gasteiger partial charge on any atom is -0.854 e. The van der Waals surface area contributed by atoms with Crippen LogP contribution in [0.25, 0.3) is 11.3 Å². The lowest BCUT2D eigenvalue weighted by Crippen LogP contribution is -2.59. The van der Waals surface area contributed by atoms with Crippen molar-refractivity contribution in [2.45, 2.75) is 24.7 Å². The van der Waals surface area contributed by atoms with Crippen LogP contribution in [0, 0.1) is 5.82 Å². The van der Waals surface area contributed by atoms with E-state index in [1.807, 2.05) is 6.07 Å². The van der Waals surface area contributed by atoms with Crippen molar-refractivity contribution in [2.24, 2.45) is 0 Å². The van der Waals surface area contributed by atoms with Crippen LogP contribution in [-0.4, -0.2) is 22.2 Å². The van der Waals surface area contributed by atoms with Gasteiger partial charge in [-0.3, -0.25) is 4.79 Å². The lowest BCUT2D eigenvalue weighted by atomic mass is 10.0. The largest absolute Gasteiger partial charge is 0.854 e. The fourth-order valence-corrected chi connectivity index (χ4v) is 3.74. The van der Waals surface area contributed by atoms with Crippen LogP contribution in [0.15, 0.2) is 53.7 Å². The molecule has 0 saturated heterocycles. The maximum Gasteiger partial charge on any atom is 0.293 e. The number of benzene rings is 2. The number of thioether (sulfide) groups is 1. The summed E-state index contributed by atoms with van der Waals surface area (Å²) in [6, 6.07) is 13.1. The Hall–Kier alpha value is -3.00. The van der Waals surface area contributed by atoms with Crippen molar-refractivity contribution in [1.29, 1.82) is 0 Å². The second kappa shape index (κ2) is 7.20. The first-order valence-corrected chi connectivity index (χ1v) is 9.99. The fourth-order valence-electron chi connectivity index (χ4n) is 3.40. The molecule has 0 saturated carbocycles. The Bertz CT molecular complexity index is 1060. The van der Waals surface area contributed by atoms with Gasteiger partial charge < -0.3 is 5.11 Å². The molecule has 6 nitrogen and oxygen atoms in total. The molecule has 1 unspecified atom stereocenters. The summed E-state index contributed by atoms with van der Waals surface area (Å²) >= 11 is 1.25. The summed E-state index contributed by atoms with van der Waals surface area (Å²) in [4.78, 5) is 18.6. The van der Waals surface area contributed by atoms with Crippen LogP contribution < -0.4 is 14.7 Å². The fraction of sp³-hybridized carbons (Fsp3) is 0.200. The van der Waals surface area contributed by atoms with Gasteiger partial charge in [-0.25, -0.2) is 14.3 Å². The first-order valence-electron chi connectivity index (χ1n) is 8.77. The van der Waals surface area contributed by atoms with E-state index in [0.29, 0.717) is 27.7 Å². The molecule has 0 aliphatic carbocycles. The predicted octanol–water partition coefficient (Wildman–Crippen LogP) is 2.67. The number of hydrogen-bond donors (Lipinski definition) is 0. The third kappa shape index (κ3) is 2.90. The molecule has 2 aromatic carbocycles. The summed E-state index contributed by atoms with van der Waals surface area (Å²) in [5.74, 6) is -0.922. The van der Waals surface area contributed by atoms with E-state index in [0.717, 1.165) is 0 Å². The third-order valence-corrected chi connectivity index (χ3v) is 5.18. The summed E-state index contributed by atoms with van der Waals surface area (Å²) in [5, 5.41) is 17.7. The number of amides is 1. The van der Waals surface area contributed by atoms with Gasteiger partial charge in [-0.15, -0.1) is 0 Å². The van der Waals surface area contributed by atoms with Gasteiger partial charge in [0.1, 0.15) is 5.82 Å². The van der Waals surface area contributed by atoms with E-state index in [1.54, 1.807) is 48.4 Å². The minimum absolute atomic E-state index is 0.128. The van der Waals surface area contributed by atoms with E-state index < -0.39 is 12.0 Å². The summed E-state index contributed by atoms with van der Waals surface area (Å²) in [5.41, 5.74) is 2.17. The first-order chi connectivity index (χ1) is 13.5. The van der Waals surface area contributed by atoms with Gasteiger partial charge in [0.2, 0.25) is 5.91 Å². The topological polar surface area (TPSA) is 73.0 Å². The maximum absolute atomic E-state index is 13.5. The summed E-state index contributed by atoms with van der Waals surface area (Å²) in [7, 11) is 0. The number of carbonyl (C=O) groups excluding carboxylic acids is 1. The molecule has 1 aromatic heterocycles. The molecule has 142 valence electrons. The average Bonchev–Trinajstić information content (AvgIpc) is 2.72. The summed E-state index contributed by atoms with van der Waals surface area (Å²) in [6.07, 6.45) is 1.34. The molecule has 1 amide bonds. The van der Waals surface area contributed by atoms with E-state index in [9.17, 15) is 14.3 Å². The van der Waals surface area contributed by atoms with Gasteiger partial charge in [0.15, 0.2) is 0 Å². The van der Waals surface area contributed by atoms with Gasteiger partial charge in [0.05, 0.1) is 17.1 Å². The van der Waals surface area contributed by atoms with Crippen LogP contribution in [0.4, 0.5) is 10.1 Å². The van der Waals surface area contributed by atoms with E-state index in [-0.39, 0.29) is 18.1 Å². The maximum atomic E-state index is 13.5. The highest BCUT2D eigenvalue weighted by Crippen LogP contribution is 2.40. The Morgan fingerprint density at radius 2 is 1.96 bits per heavy atom. The van der Waals surface area contributed by atoms with Crippen molar-refractivity contribution >= 4 is 23.4 Å². The molecule has 0 N–H and O–H groups in total. The van der Waals surface area contributed by atoms with Gasteiger partial charge in [0, 0.05) is 17.1 Å². The molecule has 28 heavy (non-hydrogen) atoms. The van der Waals surface area contributed by atoms with Crippen molar-refractivity contribution in [2.75, 3.05) is 11.2 Å². The summed E-state index contributed by atoms with van der Waals surface area (Å²) in [6.45, 7) is 1.78. The SMILES string of the molecule is CCC(=O)N1c2ccccc2-c2c([O-])nc(SC)n[n+]2C1c1ccc(F)cc1. The Labute approximate surface area is 165 Å². The minimum atomic E-state index is -0.709. The Morgan fingerprint density at radius 3 is 2.64 bits per heavy atom. The zero-order chi connectivity index (χ0) is 19.8. The zero-order valence-corrected chi connectivity index (χ0v) is 16.1. The molecule has 0 spiro atoms. The number of carbonyl (C=O) groups is 1. The van der Waals surface area contributed by atoms with Crippen molar-refractivity contribution in [3.8, 4) is 17.1 Å². The number of aromatic nitrogens is 3. The van der Waals surface area contributed by atoms with Crippen molar-refractivity contribution in [3.05, 3.63) is 59.9 Å². The average molecular weight is 396 g/mol. The van der Waals surface area contributed by atoms with Crippen LogP contribution >= 0.6 is 11.8 Å². The molecule has 0 fully saturated rings. The van der Waals surface area contributed by atoms with E-state index in [4.69, 9.17) is 0 Å².